The van der Waals surface area contributed by atoms with Crippen LogP contribution in [0.15, 0.2) is 45.1 Å². The Balaban J connectivity index is 1.56. The summed E-state index contributed by atoms with van der Waals surface area (Å²) in [6.45, 7) is 0.751. The molecule has 0 saturated carbocycles. The van der Waals surface area contributed by atoms with E-state index in [1.165, 1.54) is 46.0 Å². The molecule has 1 aliphatic rings. The van der Waals surface area contributed by atoms with Gasteiger partial charge < -0.3 is 9.88 Å². The van der Waals surface area contributed by atoms with E-state index >= 15 is 0 Å². The molecular weight excluding hydrogens is 448 g/mol. The van der Waals surface area contributed by atoms with E-state index in [0.29, 0.717) is 18.8 Å². The lowest BCUT2D eigenvalue weighted by molar-refractivity contribution is -0.116. The number of hydrogen-bond acceptors (Lipinski definition) is 6. The molecule has 1 fully saturated rings. The van der Waals surface area contributed by atoms with Crippen LogP contribution in [0.5, 0.6) is 0 Å². The quantitative estimate of drug-likeness (QED) is 0.578. The summed E-state index contributed by atoms with van der Waals surface area (Å²) in [6, 6.07) is 6.14. The van der Waals surface area contributed by atoms with E-state index in [4.69, 9.17) is 0 Å². The summed E-state index contributed by atoms with van der Waals surface area (Å²) in [5, 5.41) is 2.68. The number of nitrogens with one attached hydrogen (secondary N) is 1. The lowest BCUT2D eigenvalue weighted by Gasteiger charge is -2.20. The standard InChI is InChI=1S/C21H26N6O5S/c1-24-19-18(20(29)25(2)21(24)30)26(14-22-19)13-17(28)23-15-8-7-9-16(12-15)33(31,32)27-10-5-3-4-6-11-27/h7-9,12,14H,3-6,10-11,13H2,1-2H3,(H,23,28). The first kappa shape index (κ1) is 22.9. The number of hydrogen-bond donors (Lipinski definition) is 1. The maximum atomic E-state index is 13.0. The van der Waals surface area contributed by atoms with Crippen molar-refractivity contribution in [1.82, 2.24) is 23.0 Å². The summed E-state index contributed by atoms with van der Waals surface area (Å²) in [5.41, 5.74) is -0.414. The van der Waals surface area contributed by atoms with Crippen LogP contribution in [-0.4, -0.2) is 50.4 Å². The van der Waals surface area contributed by atoms with Gasteiger partial charge in [-0.15, -0.1) is 0 Å². The fourth-order valence-electron chi connectivity index (χ4n) is 4.04. The molecule has 1 aromatic carbocycles. The molecule has 2 aromatic heterocycles. The zero-order chi connectivity index (χ0) is 23.8. The summed E-state index contributed by atoms with van der Waals surface area (Å²) in [5.74, 6) is -0.463. The highest BCUT2D eigenvalue weighted by atomic mass is 32.2. The van der Waals surface area contributed by atoms with Crippen molar-refractivity contribution >= 4 is 32.8 Å². The number of anilines is 1. The van der Waals surface area contributed by atoms with Gasteiger partial charge in [-0.2, -0.15) is 4.31 Å². The largest absolute Gasteiger partial charge is 0.332 e. The molecule has 33 heavy (non-hydrogen) atoms. The zero-order valence-electron chi connectivity index (χ0n) is 18.5. The van der Waals surface area contributed by atoms with Gasteiger partial charge in [-0.3, -0.25) is 18.7 Å². The van der Waals surface area contributed by atoms with Crippen LogP contribution >= 0.6 is 0 Å². The maximum Gasteiger partial charge on any atom is 0.332 e. The number of benzene rings is 1. The summed E-state index contributed by atoms with van der Waals surface area (Å²) >= 11 is 0. The van der Waals surface area contributed by atoms with Crippen LogP contribution in [-0.2, 0) is 35.5 Å². The van der Waals surface area contributed by atoms with E-state index in [9.17, 15) is 22.8 Å². The lowest BCUT2D eigenvalue weighted by Crippen LogP contribution is -2.37. The smallest absolute Gasteiger partial charge is 0.324 e. The molecule has 4 rings (SSSR count). The van der Waals surface area contributed by atoms with Gasteiger partial charge in [0, 0.05) is 32.9 Å². The van der Waals surface area contributed by atoms with Crippen LogP contribution in [0, 0.1) is 0 Å². The van der Waals surface area contributed by atoms with E-state index in [1.807, 2.05) is 0 Å². The number of imidazole rings is 1. The van der Waals surface area contributed by atoms with Crippen molar-refractivity contribution in [3.8, 4) is 0 Å². The topological polar surface area (TPSA) is 128 Å². The van der Waals surface area contributed by atoms with Gasteiger partial charge in [0.05, 0.1) is 11.2 Å². The van der Waals surface area contributed by atoms with Gasteiger partial charge in [-0.1, -0.05) is 18.9 Å². The molecule has 0 unspecified atom stereocenters. The number of carbonyl (C=O) groups is 1. The molecule has 1 aliphatic heterocycles. The average Bonchev–Trinajstić information content (AvgIpc) is 3.00. The van der Waals surface area contributed by atoms with Crippen molar-refractivity contribution < 1.29 is 13.2 Å². The number of amides is 1. The average molecular weight is 475 g/mol. The number of aromatic nitrogens is 4. The monoisotopic (exact) mass is 474 g/mol. The van der Waals surface area contributed by atoms with Crippen molar-refractivity contribution in [2.75, 3.05) is 18.4 Å². The number of fused-ring (bicyclic) bond motifs is 1. The first-order valence-corrected chi connectivity index (χ1v) is 12.1. The van der Waals surface area contributed by atoms with E-state index in [2.05, 4.69) is 10.3 Å². The van der Waals surface area contributed by atoms with E-state index in [0.717, 1.165) is 30.3 Å². The highest BCUT2D eigenvalue weighted by molar-refractivity contribution is 7.89. The van der Waals surface area contributed by atoms with Crippen LogP contribution in [0.1, 0.15) is 25.7 Å². The Kier molecular flexibility index (Phi) is 6.21. The van der Waals surface area contributed by atoms with Gasteiger partial charge in [-0.25, -0.2) is 18.2 Å². The first-order chi connectivity index (χ1) is 15.7. The Morgan fingerprint density at radius 3 is 2.45 bits per heavy atom. The van der Waals surface area contributed by atoms with Crippen LogP contribution in [0.2, 0.25) is 0 Å². The second kappa shape index (κ2) is 8.94. The molecule has 1 saturated heterocycles. The lowest BCUT2D eigenvalue weighted by atomic mass is 10.2. The molecule has 0 atom stereocenters. The Morgan fingerprint density at radius 2 is 1.76 bits per heavy atom. The third-order valence-electron chi connectivity index (χ3n) is 5.85. The van der Waals surface area contributed by atoms with Gasteiger partial charge in [0.1, 0.15) is 6.54 Å². The molecule has 0 bridgehead atoms. The molecule has 176 valence electrons. The van der Waals surface area contributed by atoms with Gasteiger partial charge in [-0.05, 0) is 31.0 Å². The van der Waals surface area contributed by atoms with Gasteiger partial charge in [0.2, 0.25) is 15.9 Å². The molecule has 0 radical (unpaired) electrons. The van der Waals surface area contributed by atoms with Crippen molar-refractivity contribution in [3.05, 3.63) is 51.4 Å². The van der Waals surface area contributed by atoms with Crippen LogP contribution in [0.25, 0.3) is 11.2 Å². The molecule has 0 aliphatic carbocycles. The van der Waals surface area contributed by atoms with Crippen LogP contribution in [0.3, 0.4) is 0 Å². The maximum absolute atomic E-state index is 13.0. The predicted octanol–water partition coefficient (Wildman–Crippen LogP) is 0.637. The molecule has 3 heterocycles. The zero-order valence-corrected chi connectivity index (χ0v) is 19.3. The fraction of sp³-hybridized carbons (Fsp3) is 0.429. The Bertz CT molecular complexity index is 1430. The number of nitrogens with zero attached hydrogens (tertiary/aromatic N) is 5. The number of carbonyl (C=O) groups excluding carboxylic acids is 1. The van der Waals surface area contributed by atoms with Crippen LogP contribution in [0.4, 0.5) is 5.69 Å². The molecule has 1 amide bonds. The van der Waals surface area contributed by atoms with Gasteiger partial charge >= 0.3 is 5.69 Å². The molecular formula is C21H26N6O5S. The van der Waals surface area contributed by atoms with Gasteiger partial charge in [0.15, 0.2) is 11.2 Å². The fourth-order valence-corrected chi connectivity index (χ4v) is 5.60. The molecule has 11 nitrogen and oxygen atoms in total. The third kappa shape index (κ3) is 4.35. The Morgan fingerprint density at radius 1 is 1.06 bits per heavy atom. The Labute approximate surface area is 190 Å². The number of aryl methyl sites for hydroxylation is 1. The normalized spacial score (nSPS) is 15.5. The first-order valence-electron chi connectivity index (χ1n) is 10.7. The second-order valence-corrected chi connectivity index (χ2v) is 10.1. The van der Waals surface area contributed by atoms with Crippen LogP contribution < -0.4 is 16.6 Å². The van der Waals surface area contributed by atoms with Gasteiger partial charge in [0.25, 0.3) is 5.56 Å². The van der Waals surface area contributed by atoms with E-state index in [-0.39, 0.29) is 22.6 Å². The summed E-state index contributed by atoms with van der Waals surface area (Å²) in [6.07, 6.45) is 5.02. The Hall–Kier alpha value is -3.25. The second-order valence-electron chi connectivity index (χ2n) is 8.14. The molecule has 3 aromatic rings. The molecule has 12 heteroatoms. The number of rotatable bonds is 5. The third-order valence-corrected chi connectivity index (χ3v) is 7.75. The highest BCUT2D eigenvalue weighted by Crippen LogP contribution is 2.22. The van der Waals surface area contributed by atoms with E-state index < -0.39 is 27.2 Å². The van der Waals surface area contributed by atoms with E-state index in [1.54, 1.807) is 12.1 Å². The molecule has 0 spiro atoms. The van der Waals surface area contributed by atoms with Crippen molar-refractivity contribution in [1.29, 1.82) is 0 Å². The van der Waals surface area contributed by atoms with Crippen molar-refractivity contribution in [3.63, 3.8) is 0 Å². The summed E-state index contributed by atoms with van der Waals surface area (Å²) in [4.78, 5) is 41.5. The van der Waals surface area contributed by atoms with Crippen molar-refractivity contribution in [2.45, 2.75) is 37.1 Å². The summed E-state index contributed by atoms with van der Waals surface area (Å²) in [7, 11) is -0.795. The van der Waals surface area contributed by atoms with Crippen molar-refractivity contribution in [2.24, 2.45) is 14.1 Å². The minimum atomic E-state index is -3.65. The summed E-state index contributed by atoms with van der Waals surface area (Å²) < 4.78 is 31.1. The highest BCUT2D eigenvalue weighted by Gasteiger charge is 2.25. The molecule has 1 N–H and O–H groups in total. The predicted molar refractivity (Wildman–Crippen MR) is 123 cm³/mol. The SMILES string of the molecule is Cn1c(=O)c2c(ncn2CC(=O)Nc2cccc(S(=O)(=O)N3CCCCCC3)c2)n(C)c1=O. The minimum Gasteiger partial charge on any atom is -0.324 e. The number of sulfonamides is 1. The minimum absolute atomic E-state index is 0.124.